The molecule has 256 valence electrons. The van der Waals surface area contributed by atoms with Crippen LogP contribution >= 0.6 is 0 Å². The van der Waals surface area contributed by atoms with E-state index in [1.807, 2.05) is 54.9 Å². The van der Waals surface area contributed by atoms with Gasteiger partial charge in [0.1, 0.15) is 17.9 Å². The number of hydrogen-bond acceptors (Lipinski definition) is 9. The Hall–Kier alpha value is -5.61. The van der Waals surface area contributed by atoms with E-state index < -0.39 is 11.6 Å². The Bertz CT molecular complexity index is 1850. The molecule has 1 N–H and O–H groups in total. The highest BCUT2D eigenvalue weighted by atomic mass is 19.1. The lowest BCUT2D eigenvalue weighted by Crippen LogP contribution is -2.41. The van der Waals surface area contributed by atoms with Gasteiger partial charge >= 0.3 is 0 Å². The topological polar surface area (TPSA) is 98.4 Å². The lowest BCUT2D eigenvalue weighted by molar-refractivity contribution is -0.442. The Balaban J connectivity index is 0.00000128. The number of likely N-dealkylation sites (N-methyl/N-ethyl adjacent to an activating group) is 1. The normalized spacial score (nSPS) is 14.4. The van der Waals surface area contributed by atoms with Crippen molar-refractivity contribution in [3.8, 4) is 23.8 Å². The van der Waals surface area contributed by atoms with Crippen LogP contribution in [0.5, 0.6) is 11.5 Å². The Morgan fingerprint density at radius 3 is 2.65 bits per heavy atom. The van der Waals surface area contributed by atoms with Crippen LogP contribution in [-0.4, -0.2) is 102 Å². The monoisotopic (exact) mass is 671 g/mol. The van der Waals surface area contributed by atoms with Crippen molar-refractivity contribution < 1.29 is 27.6 Å². The number of hydrazone groups is 1. The van der Waals surface area contributed by atoms with Gasteiger partial charge in [-0.1, -0.05) is 13.0 Å². The van der Waals surface area contributed by atoms with Crippen molar-refractivity contribution in [2.24, 2.45) is 5.10 Å². The van der Waals surface area contributed by atoms with E-state index in [1.165, 1.54) is 13.4 Å². The number of methoxy groups -OCH3 is 1. The van der Waals surface area contributed by atoms with Crippen LogP contribution in [0.2, 0.25) is 0 Å². The number of fused-ring (bicyclic) bond motifs is 1. The number of ether oxygens (including phenoxy) is 2. The fourth-order valence-electron chi connectivity index (χ4n) is 4.87. The number of anilines is 2. The predicted molar refractivity (Wildman–Crippen MR) is 189 cm³/mol. The summed E-state index contributed by atoms with van der Waals surface area (Å²) in [4.78, 5) is 25.0. The van der Waals surface area contributed by atoms with E-state index in [1.54, 1.807) is 47.5 Å². The molecule has 0 unspecified atom stereocenters. The van der Waals surface area contributed by atoms with Crippen molar-refractivity contribution in [3.05, 3.63) is 78.5 Å². The van der Waals surface area contributed by atoms with Gasteiger partial charge in [0, 0.05) is 49.7 Å². The third-order valence-electron chi connectivity index (χ3n) is 7.29. The van der Waals surface area contributed by atoms with E-state index in [0.717, 1.165) is 24.2 Å². The molecule has 3 aromatic rings. The first-order valence-electron chi connectivity index (χ1n) is 15.7. The molecule has 0 spiro atoms. The number of aromatic nitrogens is 2. The van der Waals surface area contributed by atoms with Gasteiger partial charge in [-0.3, -0.25) is 9.80 Å². The highest BCUT2D eigenvalue weighted by Crippen LogP contribution is 2.39. The number of nitrogens with one attached hydrogen (secondary N) is 1. The van der Waals surface area contributed by atoms with Gasteiger partial charge in [0.05, 0.1) is 43.3 Å². The number of halogens is 2. The summed E-state index contributed by atoms with van der Waals surface area (Å²) in [5, 5.41) is 9.22. The number of rotatable bonds is 10. The van der Waals surface area contributed by atoms with Crippen molar-refractivity contribution in [1.82, 2.24) is 24.8 Å². The molecule has 11 nitrogen and oxygen atoms in total. The molecule has 13 heteroatoms. The average Bonchev–Trinajstić information content (AvgIpc) is 3.11. The molecule has 5 rings (SSSR count). The van der Waals surface area contributed by atoms with Crippen LogP contribution in [0.15, 0.2) is 72.0 Å². The molecule has 0 radical (unpaired) electrons. The first kappa shape index (κ1) is 36.2. The van der Waals surface area contributed by atoms with Crippen LogP contribution in [0.4, 0.5) is 26.0 Å². The molecule has 2 aromatic carbocycles. The maximum absolute atomic E-state index is 15.3. The molecule has 0 saturated carbocycles. The molecule has 1 amide bonds. The van der Waals surface area contributed by atoms with E-state index in [2.05, 4.69) is 26.3 Å². The van der Waals surface area contributed by atoms with Crippen LogP contribution < -0.4 is 14.8 Å². The zero-order valence-corrected chi connectivity index (χ0v) is 28.4. The van der Waals surface area contributed by atoms with Crippen LogP contribution in [0.3, 0.4) is 0 Å². The summed E-state index contributed by atoms with van der Waals surface area (Å²) >= 11 is 0. The van der Waals surface area contributed by atoms with Gasteiger partial charge in [0.15, 0.2) is 30.1 Å². The first-order valence-corrected chi connectivity index (χ1v) is 15.7. The maximum atomic E-state index is 15.3. The third kappa shape index (κ3) is 9.48. The summed E-state index contributed by atoms with van der Waals surface area (Å²) in [6.07, 6.45) is 19.0. The molecule has 0 aliphatic carbocycles. The van der Waals surface area contributed by atoms with Gasteiger partial charge in [0.25, 0.3) is 0 Å². The van der Waals surface area contributed by atoms with E-state index in [-0.39, 0.29) is 23.2 Å². The number of carbonyl (C=O) groups excluding carboxylic acids is 1. The van der Waals surface area contributed by atoms with Gasteiger partial charge in [-0.05, 0) is 39.2 Å². The van der Waals surface area contributed by atoms with Crippen molar-refractivity contribution in [1.29, 1.82) is 0 Å². The molecule has 2 aliphatic rings. The van der Waals surface area contributed by atoms with E-state index in [9.17, 15) is 4.79 Å². The molecule has 0 atom stereocenters. The molecule has 2 aliphatic heterocycles. The fourth-order valence-corrected chi connectivity index (χ4v) is 4.87. The van der Waals surface area contributed by atoms with Gasteiger partial charge < -0.3 is 24.6 Å². The Morgan fingerprint density at radius 1 is 1.22 bits per heavy atom. The summed E-state index contributed by atoms with van der Waals surface area (Å²) < 4.78 is 43.9. The number of nitrogens with zero attached hydrogens (tertiary/aromatic N) is 7. The lowest BCUT2D eigenvalue weighted by Gasteiger charge is -2.22. The number of terminal acetylenes is 1. The standard InChI is InChI=1S/C32H35F2N8O3.C4H6/c1-5-37-42-13-10-22(11-14-42)45-28-20-23(33)26(19-24(28)34)38-32-30-25(35-21-36-32)8-9-27(31(30)44-4)40-15-17-41(18-16-40)29(43)7-6-12-39(2)3;1-3-4-2/h5-11,13,15,19-21H,12,14,16-18H2,1-4H3,(H,35,36,38);1H,4H2,2H3/q+1;/b7-6+,37-5-;. The minimum atomic E-state index is -0.758. The highest BCUT2D eigenvalue weighted by molar-refractivity contribution is 5.99. The Kier molecular flexibility index (Phi) is 13.0. The summed E-state index contributed by atoms with van der Waals surface area (Å²) in [6.45, 7) is 6.32. The molecule has 0 bridgehead atoms. The SMILES string of the molecule is C#CCC.C/C=N\N1C=CC(Oc2cc(F)c(Nc3ncnc4ccc([N+]5=CCN(C(=O)/C=C/CN(C)C)CC5)c(OC)c34)cc2F)=CC1. The van der Waals surface area contributed by atoms with Gasteiger partial charge in [-0.15, -0.1) is 12.3 Å². The second-order valence-corrected chi connectivity index (χ2v) is 11.0. The average molecular weight is 672 g/mol. The smallest absolute Gasteiger partial charge is 0.248 e. The number of carbonyl (C=O) groups is 1. The maximum Gasteiger partial charge on any atom is 0.248 e. The zero-order chi connectivity index (χ0) is 35.3. The minimum Gasteiger partial charge on any atom is -0.490 e. The Morgan fingerprint density at radius 2 is 2.02 bits per heavy atom. The quantitative estimate of drug-likeness (QED) is 0.131. The molecular weight excluding hydrogens is 630 g/mol. The van der Waals surface area contributed by atoms with Crippen LogP contribution in [0.25, 0.3) is 10.9 Å². The first-order chi connectivity index (χ1) is 23.7. The van der Waals surface area contributed by atoms with Crippen LogP contribution in [0.1, 0.15) is 20.3 Å². The largest absolute Gasteiger partial charge is 0.490 e. The van der Waals surface area contributed by atoms with Crippen LogP contribution in [-0.2, 0) is 4.79 Å². The third-order valence-corrected chi connectivity index (χ3v) is 7.29. The summed E-state index contributed by atoms with van der Waals surface area (Å²) in [5.74, 6) is 1.69. The summed E-state index contributed by atoms with van der Waals surface area (Å²) in [7, 11) is 5.41. The number of amides is 1. The molecule has 0 fully saturated rings. The number of allylic oxidation sites excluding steroid dienone is 1. The van der Waals surface area contributed by atoms with Crippen molar-refractivity contribution >= 4 is 46.4 Å². The second kappa shape index (κ2) is 17.5. The summed E-state index contributed by atoms with van der Waals surface area (Å²) in [6, 6.07) is 5.69. The van der Waals surface area contributed by atoms with Crippen molar-refractivity contribution in [2.45, 2.75) is 20.3 Å². The van der Waals surface area contributed by atoms with E-state index in [0.29, 0.717) is 55.1 Å². The van der Waals surface area contributed by atoms with E-state index >= 15 is 8.78 Å². The van der Waals surface area contributed by atoms with Crippen molar-refractivity contribution in [2.75, 3.05) is 59.2 Å². The zero-order valence-electron chi connectivity index (χ0n) is 28.4. The summed E-state index contributed by atoms with van der Waals surface area (Å²) in [5.41, 5.74) is 1.14. The number of hydrogen-bond donors (Lipinski definition) is 1. The van der Waals surface area contributed by atoms with E-state index in [4.69, 9.17) is 15.9 Å². The van der Waals surface area contributed by atoms with Gasteiger partial charge in [-0.2, -0.15) is 9.68 Å². The minimum absolute atomic E-state index is 0.0518. The molecule has 3 heterocycles. The van der Waals surface area contributed by atoms with Crippen LogP contribution in [0, 0.1) is 24.0 Å². The van der Waals surface area contributed by atoms with Gasteiger partial charge in [0.2, 0.25) is 17.3 Å². The van der Waals surface area contributed by atoms with Crippen molar-refractivity contribution in [3.63, 3.8) is 0 Å². The Labute approximate surface area is 285 Å². The second-order valence-electron chi connectivity index (χ2n) is 11.0. The number of benzene rings is 2. The highest BCUT2D eigenvalue weighted by Gasteiger charge is 2.27. The molecule has 1 aromatic heterocycles. The fraction of sp³-hybridized carbons (Fsp3) is 0.306. The van der Waals surface area contributed by atoms with Gasteiger partial charge in [-0.25, -0.2) is 18.7 Å². The molecular formula is C36H41F2N8O3+. The molecule has 49 heavy (non-hydrogen) atoms. The lowest BCUT2D eigenvalue weighted by atomic mass is 10.1. The predicted octanol–water partition coefficient (Wildman–Crippen LogP) is 5.46. The molecule has 0 saturated heterocycles.